The number of nitrogens with zero attached hydrogens (tertiary/aromatic N) is 1. The van der Waals surface area contributed by atoms with Crippen LogP contribution in [0.1, 0.15) is 0 Å². The summed E-state index contributed by atoms with van der Waals surface area (Å²) in [6.07, 6.45) is 0. The van der Waals surface area contributed by atoms with Crippen molar-refractivity contribution in [2.24, 2.45) is 0 Å². The number of alkyl halides is 1. The second-order valence-corrected chi connectivity index (χ2v) is 2.67. The minimum absolute atomic E-state index is 0.218. The molecular weight excluding hydrogens is 196 g/mol. The van der Waals surface area contributed by atoms with Gasteiger partial charge in [-0.15, -0.1) is 11.6 Å². The largest absolute Gasteiger partial charge is 0.383 e. The number of ether oxygens (including phenoxy) is 1. The second-order valence-electron chi connectivity index (χ2n) is 2.40. The van der Waals surface area contributed by atoms with Crippen LogP contribution in [0.5, 0.6) is 0 Å². The highest BCUT2D eigenvalue weighted by Gasteiger charge is 2.10. The monoisotopic (exact) mass is 208 g/mol. The molecular formula is C7H13ClN2O3. The molecule has 0 saturated heterocycles. The zero-order chi connectivity index (χ0) is 10.3. The molecule has 3 amide bonds. The Morgan fingerprint density at radius 2 is 2.15 bits per heavy atom. The molecule has 0 aliphatic heterocycles. The summed E-state index contributed by atoms with van der Waals surface area (Å²) < 4.78 is 4.76. The van der Waals surface area contributed by atoms with Crippen molar-refractivity contribution in [2.75, 3.05) is 33.2 Å². The van der Waals surface area contributed by atoms with E-state index in [0.29, 0.717) is 13.2 Å². The van der Waals surface area contributed by atoms with Gasteiger partial charge in [-0.3, -0.25) is 10.1 Å². The number of carbonyl (C=O) groups is 2. The average Bonchev–Trinajstić information content (AvgIpc) is 2.13. The van der Waals surface area contributed by atoms with Crippen molar-refractivity contribution < 1.29 is 14.3 Å². The van der Waals surface area contributed by atoms with E-state index in [1.54, 1.807) is 7.05 Å². The van der Waals surface area contributed by atoms with Crippen LogP contribution in [0.4, 0.5) is 4.79 Å². The molecule has 0 fully saturated rings. The van der Waals surface area contributed by atoms with Crippen LogP contribution in [-0.4, -0.2) is 50.0 Å². The predicted molar refractivity (Wildman–Crippen MR) is 48.8 cm³/mol. The minimum Gasteiger partial charge on any atom is -0.383 e. The van der Waals surface area contributed by atoms with E-state index in [-0.39, 0.29) is 5.88 Å². The van der Waals surface area contributed by atoms with Crippen molar-refractivity contribution >= 4 is 23.5 Å². The average molecular weight is 209 g/mol. The topological polar surface area (TPSA) is 58.6 Å². The van der Waals surface area contributed by atoms with Crippen LogP contribution in [0, 0.1) is 0 Å². The van der Waals surface area contributed by atoms with Gasteiger partial charge in [0.25, 0.3) is 0 Å². The predicted octanol–water partition coefficient (Wildman–Crippen LogP) is 0.0396. The summed E-state index contributed by atoms with van der Waals surface area (Å²) in [7, 11) is 3.10. The van der Waals surface area contributed by atoms with Gasteiger partial charge in [-0.05, 0) is 0 Å². The zero-order valence-electron chi connectivity index (χ0n) is 7.67. The van der Waals surface area contributed by atoms with Crippen LogP contribution < -0.4 is 5.32 Å². The van der Waals surface area contributed by atoms with Crippen LogP contribution >= 0.6 is 11.6 Å². The first kappa shape index (κ1) is 12.2. The number of hydrogen-bond acceptors (Lipinski definition) is 3. The standard InChI is InChI=1S/C7H13ClN2O3/c1-10(3-4-13-2)7(12)9-6(11)5-8/h3-5H2,1-2H3,(H,9,11,12). The molecule has 0 spiro atoms. The Morgan fingerprint density at radius 3 is 2.62 bits per heavy atom. The van der Waals surface area contributed by atoms with Crippen molar-refractivity contribution in [2.45, 2.75) is 0 Å². The highest BCUT2D eigenvalue weighted by molar-refractivity contribution is 6.28. The molecule has 13 heavy (non-hydrogen) atoms. The maximum absolute atomic E-state index is 11.1. The normalized spacial score (nSPS) is 9.46. The maximum Gasteiger partial charge on any atom is 0.323 e. The number of methoxy groups -OCH3 is 1. The molecule has 0 heterocycles. The highest BCUT2D eigenvalue weighted by atomic mass is 35.5. The molecule has 0 saturated carbocycles. The molecule has 0 unspecified atom stereocenters. The summed E-state index contributed by atoms with van der Waals surface area (Å²) in [5.41, 5.74) is 0. The molecule has 0 aliphatic carbocycles. The number of nitrogens with one attached hydrogen (secondary N) is 1. The first-order valence-corrected chi connectivity index (χ1v) is 4.25. The van der Waals surface area contributed by atoms with Crippen molar-refractivity contribution in [1.29, 1.82) is 0 Å². The smallest absolute Gasteiger partial charge is 0.323 e. The Morgan fingerprint density at radius 1 is 1.54 bits per heavy atom. The molecule has 0 atom stereocenters. The number of carbonyl (C=O) groups excluding carboxylic acids is 2. The van der Waals surface area contributed by atoms with Gasteiger partial charge in [-0.25, -0.2) is 4.79 Å². The number of imide groups is 1. The molecule has 0 aliphatic rings. The van der Waals surface area contributed by atoms with Crippen molar-refractivity contribution in [1.82, 2.24) is 10.2 Å². The van der Waals surface area contributed by atoms with E-state index in [4.69, 9.17) is 16.3 Å². The van der Waals surface area contributed by atoms with Gasteiger partial charge in [0.1, 0.15) is 5.88 Å². The van der Waals surface area contributed by atoms with Gasteiger partial charge in [0.15, 0.2) is 0 Å². The van der Waals surface area contributed by atoms with Crippen molar-refractivity contribution in [3.05, 3.63) is 0 Å². The Balaban J connectivity index is 3.75. The van der Waals surface area contributed by atoms with E-state index < -0.39 is 11.9 Å². The summed E-state index contributed by atoms with van der Waals surface area (Å²) in [4.78, 5) is 23.1. The molecule has 0 aromatic carbocycles. The summed E-state index contributed by atoms with van der Waals surface area (Å²) in [6.45, 7) is 0.858. The van der Waals surface area contributed by atoms with Crippen LogP contribution in [0.15, 0.2) is 0 Å². The molecule has 0 bridgehead atoms. The number of amides is 3. The number of halogens is 1. The van der Waals surface area contributed by atoms with E-state index in [9.17, 15) is 9.59 Å². The van der Waals surface area contributed by atoms with Gasteiger partial charge >= 0.3 is 6.03 Å². The Kier molecular flexibility index (Phi) is 6.26. The lowest BCUT2D eigenvalue weighted by Crippen LogP contribution is -2.42. The first-order chi connectivity index (χ1) is 6.11. The van der Waals surface area contributed by atoms with Crippen molar-refractivity contribution in [3.8, 4) is 0 Å². The third-order valence-corrected chi connectivity index (χ3v) is 1.59. The highest BCUT2D eigenvalue weighted by Crippen LogP contribution is 1.85. The van der Waals surface area contributed by atoms with E-state index in [1.165, 1.54) is 12.0 Å². The fourth-order valence-electron chi connectivity index (χ4n) is 0.578. The third kappa shape index (κ3) is 5.43. The number of hydrogen-bond donors (Lipinski definition) is 1. The molecule has 5 nitrogen and oxygen atoms in total. The van der Waals surface area contributed by atoms with Crippen LogP contribution in [-0.2, 0) is 9.53 Å². The summed E-state index contributed by atoms with van der Waals surface area (Å²) >= 11 is 5.20. The first-order valence-electron chi connectivity index (χ1n) is 3.71. The molecule has 0 radical (unpaired) electrons. The quantitative estimate of drug-likeness (QED) is 0.664. The lowest BCUT2D eigenvalue weighted by Gasteiger charge is -2.15. The van der Waals surface area contributed by atoms with Gasteiger partial charge in [0, 0.05) is 20.7 Å². The van der Waals surface area contributed by atoms with Crippen LogP contribution in [0.2, 0.25) is 0 Å². The second kappa shape index (κ2) is 6.68. The van der Waals surface area contributed by atoms with Crippen LogP contribution in [0.25, 0.3) is 0 Å². The van der Waals surface area contributed by atoms with E-state index in [2.05, 4.69) is 5.32 Å². The van der Waals surface area contributed by atoms with E-state index in [1.807, 2.05) is 0 Å². The fraction of sp³-hybridized carbons (Fsp3) is 0.714. The van der Waals surface area contributed by atoms with Crippen molar-refractivity contribution in [3.63, 3.8) is 0 Å². The minimum atomic E-state index is -0.504. The van der Waals surface area contributed by atoms with Gasteiger partial charge in [-0.1, -0.05) is 0 Å². The molecule has 0 aromatic rings. The molecule has 0 rings (SSSR count). The number of likely N-dealkylation sites (N-methyl/N-ethyl adjacent to an activating group) is 1. The van der Waals surface area contributed by atoms with E-state index >= 15 is 0 Å². The Bertz CT molecular complexity index is 187. The SMILES string of the molecule is COCCN(C)C(=O)NC(=O)CCl. The summed E-state index contributed by atoms with van der Waals surface area (Å²) in [5, 5.41) is 2.10. The zero-order valence-corrected chi connectivity index (χ0v) is 8.43. The molecule has 0 aromatic heterocycles. The lowest BCUT2D eigenvalue weighted by atomic mass is 10.6. The van der Waals surface area contributed by atoms with Gasteiger partial charge in [-0.2, -0.15) is 0 Å². The summed E-state index contributed by atoms with van der Waals surface area (Å²) in [5.74, 6) is -0.722. The number of rotatable bonds is 4. The third-order valence-electron chi connectivity index (χ3n) is 1.35. The fourth-order valence-corrected chi connectivity index (χ4v) is 0.645. The van der Waals surface area contributed by atoms with Gasteiger partial charge in [0.05, 0.1) is 6.61 Å². The van der Waals surface area contributed by atoms with Gasteiger partial charge < -0.3 is 9.64 Å². The molecule has 76 valence electrons. The van der Waals surface area contributed by atoms with E-state index in [0.717, 1.165) is 0 Å². The lowest BCUT2D eigenvalue weighted by molar-refractivity contribution is -0.117. The molecule has 6 heteroatoms. The maximum atomic E-state index is 11.1. The Labute approximate surface area is 82.0 Å². The molecule has 1 N–H and O–H groups in total. The van der Waals surface area contributed by atoms with Crippen LogP contribution in [0.3, 0.4) is 0 Å². The summed E-state index contributed by atoms with van der Waals surface area (Å²) in [6, 6.07) is -0.470. The van der Waals surface area contributed by atoms with Gasteiger partial charge in [0.2, 0.25) is 5.91 Å². The Hall–Kier alpha value is -0.810. The number of urea groups is 1.